The molecule has 0 aromatic heterocycles. The lowest BCUT2D eigenvalue weighted by Gasteiger charge is -2.29. The summed E-state index contributed by atoms with van der Waals surface area (Å²) in [5.74, 6) is 1.71. The number of methoxy groups -OCH3 is 2. The van der Waals surface area contributed by atoms with Crippen molar-refractivity contribution < 1.29 is 9.47 Å². The predicted molar refractivity (Wildman–Crippen MR) is 77.2 cm³/mol. The Morgan fingerprint density at radius 2 is 1.84 bits per heavy atom. The van der Waals surface area contributed by atoms with Crippen LogP contribution in [0.25, 0.3) is 0 Å². The summed E-state index contributed by atoms with van der Waals surface area (Å²) in [6.07, 6.45) is 2.15. The van der Waals surface area contributed by atoms with Crippen LogP contribution in [0, 0.1) is 0 Å². The van der Waals surface area contributed by atoms with Crippen LogP contribution in [0.2, 0.25) is 0 Å². The lowest BCUT2D eigenvalue weighted by Crippen LogP contribution is -2.47. The van der Waals surface area contributed by atoms with Crippen LogP contribution in [0.3, 0.4) is 0 Å². The summed E-state index contributed by atoms with van der Waals surface area (Å²) in [4.78, 5) is 2.37. The lowest BCUT2D eigenvalue weighted by atomic mass is 9.90. The van der Waals surface area contributed by atoms with Gasteiger partial charge in [-0.05, 0) is 51.2 Å². The van der Waals surface area contributed by atoms with Gasteiger partial charge in [-0.25, -0.2) is 0 Å². The average molecular weight is 264 g/mol. The van der Waals surface area contributed by atoms with Crippen molar-refractivity contribution in [3.63, 3.8) is 0 Å². The Hall–Kier alpha value is -1.26. The highest BCUT2D eigenvalue weighted by Gasteiger charge is 2.35. The third-order valence-corrected chi connectivity index (χ3v) is 4.03. The molecular weight excluding hydrogens is 240 g/mol. The van der Waals surface area contributed by atoms with Crippen molar-refractivity contribution in [2.24, 2.45) is 0 Å². The first-order valence-electron chi connectivity index (χ1n) is 6.70. The third-order valence-electron chi connectivity index (χ3n) is 4.03. The molecule has 4 nitrogen and oxygen atoms in total. The summed E-state index contributed by atoms with van der Waals surface area (Å²) in [6.45, 7) is 2.21. The molecule has 1 aromatic carbocycles. The highest BCUT2D eigenvalue weighted by atomic mass is 16.5. The SMILES string of the molecule is CNC1(Cc2cc(OC)cc(OC)c2)CCN(C)C1. The Balaban J connectivity index is 2.22. The zero-order valence-electron chi connectivity index (χ0n) is 12.3. The maximum absolute atomic E-state index is 5.34. The van der Waals surface area contributed by atoms with Crippen molar-refractivity contribution in [2.75, 3.05) is 41.4 Å². The van der Waals surface area contributed by atoms with Crippen LogP contribution in [0.5, 0.6) is 11.5 Å². The van der Waals surface area contributed by atoms with Crippen LogP contribution in [-0.2, 0) is 6.42 Å². The Morgan fingerprint density at radius 1 is 1.21 bits per heavy atom. The second-order valence-electron chi connectivity index (χ2n) is 5.42. The smallest absolute Gasteiger partial charge is 0.122 e. The van der Waals surface area contributed by atoms with Crippen molar-refractivity contribution in [1.82, 2.24) is 10.2 Å². The standard InChI is InChI=1S/C15H24N2O2/c1-16-15(5-6-17(2)11-15)10-12-7-13(18-3)9-14(8-12)19-4/h7-9,16H,5-6,10-11H2,1-4H3. The molecule has 1 fully saturated rings. The molecule has 4 heteroatoms. The van der Waals surface area contributed by atoms with Gasteiger partial charge in [0, 0.05) is 18.2 Å². The van der Waals surface area contributed by atoms with E-state index in [0.717, 1.165) is 31.0 Å². The van der Waals surface area contributed by atoms with Gasteiger partial charge in [-0.1, -0.05) is 0 Å². The molecule has 1 heterocycles. The molecule has 1 aliphatic heterocycles. The minimum absolute atomic E-state index is 0.159. The zero-order valence-corrected chi connectivity index (χ0v) is 12.3. The van der Waals surface area contributed by atoms with Crippen LogP contribution in [-0.4, -0.2) is 51.8 Å². The maximum Gasteiger partial charge on any atom is 0.122 e. The Morgan fingerprint density at radius 3 is 2.26 bits per heavy atom. The van der Waals surface area contributed by atoms with Crippen molar-refractivity contribution >= 4 is 0 Å². The topological polar surface area (TPSA) is 33.7 Å². The largest absolute Gasteiger partial charge is 0.497 e. The summed E-state index contributed by atoms with van der Waals surface area (Å²) in [7, 11) is 7.60. The molecule has 0 bridgehead atoms. The number of ether oxygens (including phenoxy) is 2. The molecule has 1 aromatic rings. The Labute approximate surface area is 115 Å². The fraction of sp³-hybridized carbons (Fsp3) is 0.600. The molecule has 1 unspecified atom stereocenters. The van der Waals surface area contributed by atoms with Crippen molar-refractivity contribution in [3.05, 3.63) is 23.8 Å². The molecule has 19 heavy (non-hydrogen) atoms. The van der Waals surface area contributed by atoms with Gasteiger partial charge in [-0.3, -0.25) is 0 Å². The van der Waals surface area contributed by atoms with Crippen LogP contribution in [0.15, 0.2) is 18.2 Å². The van der Waals surface area contributed by atoms with E-state index in [2.05, 4.69) is 36.4 Å². The predicted octanol–water partition coefficient (Wildman–Crippen LogP) is 1.54. The minimum atomic E-state index is 0.159. The van der Waals surface area contributed by atoms with Gasteiger partial charge in [0.25, 0.3) is 0 Å². The molecule has 1 atom stereocenters. The van der Waals surface area contributed by atoms with Crippen molar-refractivity contribution in [1.29, 1.82) is 0 Å². The zero-order chi connectivity index (χ0) is 13.9. The van der Waals surface area contributed by atoms with Gasteiger partial charge in [-0.15, -0.1) is 0 Å². The molecule has 2 rings (SSSR count). The number of likely N-dealkylation sites (N-methyl/N-ethyl adjacent to an activating group) is 2. The summed E-state index contributed by atoms with van der Waals surface area (Å²) in [5, 5.41) is 3.51. The van der Waals surface area contributed by atoms with E-state index >= 15 is 0 Å². The van der Waals surface area contributed by atoms with Gasteiger partial charge in [0.2, 0.25) is 0 Å². The summed E-state index contributed by atoms with van der Waals surface area (Å²) >= 11 is 0. The third kappa shape index (κ3) is 3.19. The van der Waals surface area contributed by atoms with Gasteiger partial charge < -0.3 is 19.7 Å². The number of hydrogen-bond donors (Lipinski definition) is 1. The van der Waals surface area contributed by atoms with E-state index in [-0.39, 0.29) is 5.54 Å². The molecule has 1 saturated heterocycles. The number of rotatable bonds is 5. The van der Waals surface area contributed by atoms with Crippen molar-refractivity contribution in [2.45, 2.75) is 18.4 Å². The fourth-order valence-electron chi connectivity index (χ4n) is 2.88. The summed E-state index contributed by atoms with van der Waals surface area (Å²) < 4.78 is 10.7. The Bertz CT molecular complexity index is 414. The Kier molecular flexibility index (Phi) is 4.32. The summed E-state index contributed by atoms with van der Waals surface area (Å²) in [6, 6.07) is 6.11. The number of likely N-dealkylation sites (tertiary alicyclic amines) is 1. The number of hydrogen-bond acceptors (Lipinski definition) is 4. The molecule has 0 radical (unpaired) electrons. The second kappa shape index (κ2) is 5.80. The highest BCUT2D eigenvalue weighted by molar-refractivity contribution is 5.39. The highest BCUT2D eigenvalue weighted by Crippen LogP contribution is 2.29. The van der Waals surface area contributed by atoms with E-state index < -0.39 is 0 Å². The molecule has 0 amide bonds. The quantitative estimate of drug-likeness (QED) is 0.874. The molecule has 106 valence electrons. The van der Waals surface area contributed by atoms with Crippen LogP contribution in [0.4, 0.5) is 0 Å². The average Bonchev–Trinajstić information content (AvgIpc) is 2.80. The monoisotopic (exact) mass is 264 g/mol. The van der Waals surface area contributed by atoms with E-state index in [0.29, 0.717) is 0 Å². The minimum Gasteiger partial charge on any atom is -0.497 e. The number of nitrogens with one attached hydrogen (secondary N) is 1. The molecule has 0 aliphatic carbocycles. The van der Waals surface area contributed by atoms with E-state index in [4.69, 9.17) is 9.47 Å². The molecular formula is C15H24N2O2. The van der Waals surface area contributed by atoms with Crippen molar-refractivity contribution in [3.8, 4) is 11.5 Å². The normalized spacial score (nSPS) is 23.6. The van der Waals surface area contributed by atoms with Gasteiger partial charge >= 0.3 is 0 Å². The first kappa shape index (κ1) is 14.2. The maximum atomic E-state index is 5.34. The number of benzene rings is 1. The van der Waals surface area contributed by atoms with E-state index in [1.54, 1.807) is 14.2 Å². The van der Waals surface area contributed by atoms with E-state index in [9.17, 15) is 0 Å². The number of nitrogens with zero attached hydrogens (tertiary/aromatic N) is 1. The van der Waals surface area contributed by atoms with Gasteiger partial charge in [0.1, 0.15) is 11.5 Å². The first-order chi connectivity index (χ1) is 9.10. The van der Waals surface area contributed by atoms with Crippen LogP contribution >= 0.6 is 0 Å². The summed E-state index contributed by atoms with van der Waals surface area (Å²) in [5.41, 5.74) is 1.41. The molecule has 0 saturated carbocycles. The van der Waals surface area contributed by atoms with Gasteiger partial charge in [-0.2, -0.15) is 0 Å². The van der Waals surface area contributed by atoms with E-state index in [1.807, 2.05) is 6.07 Å². The van der Waals surface area contributed by atoms with Crippen LogP contribution in [0.1, 0.15) is 12.0 Å². The first-order valence-corrected chi connectivity index (χ1v) is 6.70. The fourth-order valence-corrected chi connectivity index (χ4v) is 2.88. The van der Waals surface area contributed by atoms with Crippen LogP contribution < -0.4 is 14.8 Å². The molecule has 0 spiro atoms. The molecule has 1 aliphatic rings. The second-order valence-corrected chi connectivity index (χ2v) is 5.42. The van der Waals surface area contributed by atoms with Gasteiger partial charge in [0.05, 0.1) is 14.2 Å². The molecule has 1 N–H and O–H groups in total. The lowest BCUT2D eigenvalue weighted by molar-refractivity contribution is 0.325. The van der Waals surface area contributed by atoms with Gasteiger partial charge in [0.15, 0.2) is 0 Å². The van der Waals surface area contributed by atoms with E-state index in [1.165, 1.54) is 12.0 Å².